The molecule has 1 amide bonds. The quantitative estimate of drug-likeness (QED) is 0.876. The van der Waals surface area contributed by atoms with Crippen molar-refractivity contribution in [2.24, 2.45) is 11.1 Å². The number of benzene rings is 1. The molecule has 0 aromatic heterocycles. The van der Waals surface area contributed by atoms with Gasteiger partial charge in [0.15, 0.2) is 0 Å². The number of alkyl halides is 2. The molecule has 0 unspecified atom stereocenters. The minimum absolute atomic E-state index is 0. The summed E-state index contributed by atoms with van der Waals surface area (Å²) in [5.41, 5.74) is 5.92. The Morgan fingerprint density at radius 2 is 1.90 bits per heavy atom. The predicted molar refractivity (Wildman–Crippen MR) is 79.6 cm³/mol. The Morgan fingerprint density at radius 3 is 2.43 bits per heavy atom. The molecule has 0 heterocycles. The van der Waals surface area contributed by atoms with Gasteiger partial charge in [-0.2, -0.15) is 8.78 Å². The molecule has 0 aliphatic carbocycles. The van der Waals surface area contributed by atoms with Gasteiger partial charge in [0.05, 0.1) is 6.04 Å². The van der Waals surface area contributed by atoms with E-state index in [2.05, 4.69) is 10.1 Å². The lowest BCUT2D eigenvalue weighted by molar-refractivity contribution is -0.124. The standard InChI is InChI=1S/C14H20F2N2O2.ClH/c1-14(2,3)11(17)12(19)18-8-9-6-4-5-7-10(9)20-13(15)16;/h4-7,11,13H,8,17H2,1-3H3,(H,18,19);1H/t11-;/m1./s1. The molecule has 0 aliphatic heterocycles. The molecule has 0 spiro atoms. The second-order valence-corrected chi connectivity index (χ2v) is 5.55. The Morgan fingerprint density at radius 1 is 1.33 bits per heavy atom. The van der Waals surface area contributed by atoms with Gasteiger partial charge in [0.25, 0.3) is 0 Å². The van der Waals surface area contributed by atoms with Crippen molar-refractivity contribution in [1.82, 2.24) is 5.32 Å². The summed E-state index contributed by atoms with van der Waals surface area (Å²) in [5, 5.41) is 2.63. The first-order chi connectivity index (χ1) is 9.21. The predicted octanol–water partition coefficient (Wildman–Crippen LogP) is 2.70. The lowest BCUT2D eigenvalue weighted by atomic mass is 9.87. The van der Waals surface area contributed by atoms with Gasteiger partial charge < -0.3 is 15.8 Å². The molecule has 0 bridgehead atoms. The number of carbonyl (C=O) groups is 1. The number of ether oxygens (including phenoxy) is 1. The number of para-hydroxylation sites is 1. The molecule has 0 saturated carbocycles. The van der Waals surface area contributed by atoms with Gasteiger partial charge in [-0.1, -0.05) is 39.0 Å². The van der Waals surface area contributed by atoms with Crippen molar-refractivity contribution in [2.75, 3.05) is 0 Å². The molecule has 7 heteroatoms. The van der Waals surface area contributed by atoms with Gasteiger partial charge >= 0.3 is 6.61 Å². The maximum atomic E-state index is 12.3. The summed E-state index contributed by atoms with van der Waals surface area (Å²) >= 11 is 0. The fourth-order valence-corrected chi connectivity index (χ4v) is 1.55. The Hall–Kier alpha value is -1.40. The van der Waals surface area contributed by atoms with Crippen LogP contribution in [0.5, 0.6) is 5.75 Å². The first-order valence-electron chi connectivity index (χ1n) is 6.28. The number of halogens is 3. The summed E-state index contributed by atoms with van der Waals surface area (Å²) in [6.45, 7) is 2.75. The smallest absolute Gasteiger partial charge is 0.387 e. The van der Waals surface area contributed by atoms with Crippen LogP contribution < -0.4 is 15.8 Å². The third-order valence-electron chi connectivity index (χ3n) is 2.86. The average Bonchev–Trinajstić information content (AvgIpc) is 2.34. The summed E-state index contributed by atoms with van der Waals surface area (Å²) in [7, 11) is 0. The van der Waals surface area contributed by atoms with E-state index in [1.165, 1.54) is 6.07 Å². The van der Waals surface area contributed by atoms with E-state index in [1.807, 2.05) is 20.8 Å². The Bertz CT molecular complexity index is 465. The van der Waals surface area contributed by atoms with Crippen molar-refractivity contribution >= 4 is 18.3 Å². The third-order valence-corrected chi connectivity index (χ3v) is 2.86. The zero-order valence-electron chi connectivity index (χ0n) is 12.2. The molecule has 0 radical (unpaired) electrons. The summed E-state index contributed by atoms with van der Waals surface area (Å²) in [6.07, 6.45) is 0. The van der Waals surface area contributed by atoms with Crippen molar-refractivity contribution in [1.29, 1.82) is 0 Å². The summed E-state index contributed by atoms with van der Waals surface area (Å²) < 4.78 is 28.9. The molecule has 0 aliphatic rings. The molecule has 1 aromatic carbocycles. The molecule has 1 aromatic rings. The van der Waals surface area contributed by atoms with E-state index >= 15 is 0 Å². The van der Waals surface area contributed by atoms with Gasteiger partial charge in [0.1, 0.15) is 5.75 Å². The van der Waals surface area contributed by atoms with E-state index in [4.69, 9.17) is 5.73 Å². The number of nitrogens with one attached hydrogen (secondary N) is 1. The van der Waals surface area contributed by atoms with Crippen LogP contribution in [0.2, 0.25) is 0 Å². The normalized spacial score (nSPS) is 12.5. The van der Waals surface area contributed by atoms with Crippen molar-refractivity contribution < 1.29 is 18.3 Å². The van der Waals surface area contributed by atoms with Gasteiger partial charge in [0.2, 0.25) is 5.91 Å². The highest BCUT2D eigenvalue weighted by Gasteiger charge is 2.27. The van der Waals surface area contributed by atoms with Crippen LogP contribution in [0, 0.1) is 5.41 Å². The largest absolute Gasteiger partial charge is 0.434 e. The topological polar surface area (TPSA) is 64.4 Å². The maximum absolute atomic E-state index is 12.3. The van der Waals surface area contributed by atoms with Crippen LogP contribution in [0.3, 0.4) is 0 Å². The monoisotopic (exact) mass is 322 g/mol. The zero-order chi connectivity index (χ0) is 15.3. The van der Waals surface area contributed by atoms with E-state index in [9.17, 15) is 13.6 Å². The lowest BCUT2D eigenvalue weighted by Crippen LogP contribution is -2.48. The molecule has 120 valence electrons. The van der Waals surface area contributed by atoms with Gasteiger partial charge in [-0.3, -0.25) is 4.79 Å². The molecule has 0 fully saturated rings. The van der Waals surface area contributed by atoms with E-state index < -0.39 is 12.7 Å². The van der Waals surface area contributed by atoms with E-state index in [0.717, 1.165) is 0 Å². The fraction of sp³-hybridized carbons (Fsp3) is 0.500. The Balaban J connectivity index is 0.00000400. The fourth-order valence-electron chi connectivity index (χ4n) is 1.55. The SMILES string of the molecule is CC(C)(C)[C@H](N)C(=O)NCc1ccccc1OC(F)F.Cl. The molecule has 1 atom stereocenters. The molecule has 21 heavy (non-hydrogen) atoms. The first kappa shape index (κ1) is 19.6. The van der Waals surface area contributed by atoms with Gasteiger partial charge in [-0.15, -0.1) is 12.4 Å². The number of hydrogen-bond acceptors (Lipinski definition) is 3. The third kappa shape index (κ3) is 6.27. The van der Waals surface area contributed by atoms with Gasteiger partial charge in [-0.05, 0) is 11.5 Å². The van der Waals surface area contributed by atoms with Crippen LogP contribution in [0.25, 0.3) is 0 Å². The lowest BCUT2D eigenvalue weighted by Gasteiger charge is -2.26. The van der Waals surface area contributed by atoms with Crippen molar-refractivity contribution in [3.8, 4) is 5.75 Å². The first-order valence-corrected chi connectivity index (χ1v) is 6.28. The van der Waals surface area contributed by atoms with Gasteiger partial charge in [0, 0.05) is 12.1 Å². The summed E-state index contributed by atoms with van der Waals surface area (Å²) in [6, 6.07) is 5.64. The number of carbonyl (C=O) groups excluding carboxylic acids is 1. The summed E-state index contributed by atoms with van der Waals surface area (Å²) in [5.74, 6) is -0.281. The van der Waals surface area contributed by atoms with Crippen molar-refractivity contribution in [2.45, 2.75) is 40.0 Å². The van der Waals surface area contributed by atoms with Crippen molar-refractivity contribution in [3.63, 3.8) is 0 Å². The number of rotatable bonds is 5. The maximum Gasteiger partial charge on any atom is 0.387 e. The van der Waals surface area contributed by atoms with Crippen LogP contribution in [0.15, 0.2) is 24.3 Å². The zero-order valence-corrected chi connectivity index (χ0v) is 13.0. The van der Waals surface area contributed by atoms with E-state index in [0.29, 0.717) is 5.56 Å². The van der Waals surface area contributed by atoms with E-state index in [1.54, 1.807) is 18.2 Å². The van der Waals surface area contributed by atoms with Crippen LogP contribution in [0.4, 0.5) is 8.78 Å². The van der Waals surface area contributed by atoms with Crippen LogP contribution >= 0.6 is 12.4 Å². The minimum Gasteiger partial charge on any atom is -0.434 e. The number of hydrogen-bond donors (Lipinski definition) is 2. The molecule has 1 rings (SSSR count). The van der Waals surface area contributed by atoms with Gasteiger partial charge in [-0.25, -0.2) is 0 Å². The molecule has 0 saturated heterocycles. The van der Waals surface area contributed by atoms with Crippen molar-refractivity contribution in [3.05, 3.63) is 29.8 Å². The second kappa shape index (κ2) is 8.14. The van der Waals surface area contributed by atoms with Crippen LogP contribution in [-0.2, 0) is 11.3 Å². The highest BCUT2D eigenvalue weighted by atomic mass is 35.5. The Kier molecular flexibility index (Phi) is 7.60. The highest BCUT2D eigenvalue weighted by Crippen LogP contribution is 2.21. The number of nitrogens with two attached hydrogens (primary N) is 1. The molecule has 3 N–H and O–H groups in total. The van der Waals surface area contributed by atoms with Crippen LogP contribution in [-0.4, -0.2) is 18.6 Å². The molecular formula is C14H21ClF2N2O2. The number of amides is 1. The minimum atomic E-state index is -2.90. The molecular weight excluding hydrogens is 302 g/mol. The van der Waals surface area contributed by atoms with E-state index in [-0.39, 0.29) is 36.0 Å². The van der Waals surface area contributed by atoms with Crippen LogP contribution in [0.1, 0.15) is 26.3 Å². The highest BCUT2D eigenvalue weighted by molar-refractivity contribution is 5.85. The average molecular weight is 323 g/mol. The Labute approximate surface area is 129 Å². The second-order valence-electron chi connectivity index (χ2n) is 5.55. The summed E-state index contributed by atoms with van der Waals surface area (Å²) in [4.78, 5) is 11.9. The molecule has 4 nitrogen and oxygen atoms in total.